The van der Waals surface area contributed by atoms with Gasteiger partial charge >= 0.3 is 0 Å². The highest BCUT2D eigenvalue weighted by molar-refractivity contribution is 4.80. The molecule has 1 heterocycles. The first-order chi connectivity index (χ1) is 8.26. The SMILES string of the molecule is CCCC(C)Cn1cnc(CNCCOC)n1. The van der Waals surface area contributed by atoms with Crippen molar-refractivity contribution >= 4 is 0 Å². The third kappa shape index (κ3) is 5.79. The molecule has 0 saturated heterocycles. The number of hydrogen-bond donors (Lipinski definition) is 1. The fourth-order valence-electron chi connectivity index (χ4n) is 1.78. The summed E-state index contributed by atoms with van der Waals surface area (Å²) in [4.78, 5) is 4.28. The van der Waals surface area contributed by atoms with Gasteiger partial charge < -0.3 is 10.1 Å². The molecule has 0 aliphatic carbocycles. The standard InChI is InChI=1S/C12H24N4O/c1-4-5-11(2)9-16-10-14-12(15-16)8-13-6-7-17-3/h10-11,13H,4-9H2,1-3H3. The summed E-state index contributed by atoms with van der Waals surface area (Å²) in [5.41, 5.74) is 0. The molecule has 0 spiro atoms. The first-order valence-electron chi connectivity index (χ1n) is 6.34. The quantitative estimate of drug-likeness (QED) is 0.664. The minimum absolute atomic E-state index is 0.663. The molecule has 0 radical (unpaired) electrons. The first-order valence-corrected chi connectivity index (χ1v) is 6.34. The van der Waals surface area contributed by atoms with Gasteiger partial charge in [-0.2, -0.15) is 5.10 Å². The summed E-state index contributed by atoms with van der Waals surface area (Å²) >= 11 is 0. The molecule has 0 aliphatic heterocycles. The zero-order chi connectivity index (χ0) is 12.5. The zero-order valence-corrected chi connectivity index (χ0v) is 11.1. The second kappa shape index (κ2) is 8.20. The zero-order valence-electron chi connectivity index (χ0n) is 11.1. The van der Waals surface area contributed by atoms with Gasteiger partial charge in [0.25, 0.3) is 0 Å². The Kier molecular flexibility index (Phi) is 6.81. The van der Waals surface area contributed by atoms with Crippen molar-refractivity contribution in [3.63, 3.8) is 0 Å². The van der Waals surface area contributed by atoms with Gasteiger partial charge in [0.1, 0.15) is 6.33 Å². The maximum atomic E-state index is 4.96. The monoisotopic (exact) mass is 240 g/mol. The molecule has 1 aromatic rings. The topological polar surface area (TPSA) is 52.0 Å². The summed E-state index contributed by atoms with van der Waals surface area (Å²) in [7, 11) is 1.70. The van der Waals surface area contributed by atoms with E-state index >= 15 is 0 Å². The maximum absolute atomic E-state index is 4.96. The molecule has 0 bridgehead atoms. The lowest BCUT2D eigenvalue weighted by Crippen LogP contribution is -2.19. The highest BCUT2D eigenvalue weighted by Gasteiger charge is 2.04. The Labute approximate surface area is 104 Å². The molecule has 1 unspecified atom stereocenters. The summed E-state index contributed by atoms with van der Waals surface area (Å²) in [5, 5.41) is 7.66. The van der Waals surface area contributed by atoms with E-state index < -0.39 is 0 Å². The average molecular weight is 240 g/mol. The fraction of sp³-hybridized carbons (Fsp3) is 0.833. The van der Waals surface area contributed by atoms with E-state index in [1.165, 1.54) is 12.8 Å². The van der Waals surface area contributed by atoms with Crippen LogP contribution < -0.4 is 5.32 Å². The van der Waals surface area contributed by atoms with Gasteiger partial charge in [-0.05, 0) is 12.3 Å². The van der Waals surface area contributed by atoms with Gasteiger partial charge in [-0.25, -0.2) is 4.98 Å². The fourth-order valence-corrected chi connectivity index (χ4v) is 1.78. The summed E-state index contributed by atoms with van der Waals surface area (Å²) in [6.45, 7) is 7.67. The van der Waals surface area contributed by atoms with Crippen LogP contribution in [0.1, 0.15) is 32.5 Å². The second-order valence-electron chi connectivity index (χ2n) is 4.45. The molecule has 98 valence electrons. The number of ether oxygens (including phenoxy) is 1. The summed E-state index contributed by atoms with van der Waals surface area (Å²) in [5.74, 6) is 1.51. The van der Waals surface area contributed by atoms with Gasteiger partial charge in [0.15, 0.2) is 5.82 Å². The van der Waals surface area contributed by atoms with Crippen LogP contribution in [-0.4, -0.2) is 35.0 Å². The number of methoxy groups -OCH3 is 1. The Morgan fingerprint density at radius 1 is 1.53 bits per heavy atom. The molecule has 0 aliphatic rings. The lowest BCUT2D eigenvalue weighted by atomic mass is 10.1. The van der Waals surface area contributed by atoms with E-state index in [0.717, 1.165) is 18.9 Å². The van der Waals surface area contributed by atoms with Crippen LogP contribution >= 0.6 is 0 Å². The number of nitrogens with zero attached hydrogens (tertiary/aromatic N) is 3. The van der Waals surface area contributed by atoms with E-state index in [-0.39, 0.29) is 0 Å². The molecule has 1 rings (SSSR count). The van der Waals surface area contributed by atoms with Gasteiger partial charge in [0.05, 0.1) is 13.2 Å². The Balaban J connectivity index is 2.27. The molecule has 0 saturated carbocycles. The van der Waals surface area contributed by atoms with Crippen LogP contribution in [-0.2, 0) is 17.8 Å². The Morgan fingerprint density at radius 2 is 2.35 bits per heavy atom. The number of nitrogens with one attached hydrogen (secondary N) is 1. The van der Waals surface area contributed by atoms with E-state index in [1.807, 2.05) is 11.0 Å². The molecule has 1 aromatic heterocycles. The van der Waals surface area contributed by atoms with E-state index in [1.54, 1.807) is 7.11 Å². The van der Waals surface area contributed by atoms with Crippen molar-refractivity contribution < 1.29 is 4.74 Å². The van der Waals surface area contributed by atoms with Gasteiger partial charge in [-0.3, -0.25) is 4.68 Å². The Morgan fingerprint density at radius 3 is 3.06 bits per heavy atom. The maximum Gasteiger partial charge on any atom is 0.164 e. The molecule has 0 aromatic carbocycles. The Bertz CT molecular complexity index is 300. The van der Waals surface area contributed by atoms with E-state index in [2.05, 4.69) is 29.2 Å². The van der Waals surface area contributed by atoms with Crippen molar-refractivity contribution in [2.75, 3.05) is 20.3 Å². The van der Waals surface area contributed by atoms with Crippen LogP contribution in [0.2, 0.25) is 0 Å². The number of hydrogen-bond acceptors (Lipinski definition) is 4. The molecule has 5 nitrogen and oxygen atoms in total. The molecule has 0 amide bonds. The third-order valence-electron chi connectivity index (χ3n) is 2.63. The van der Waals surface area contributed by atoms with Crippen LogP contribution in [0.5, 0.6) is 0 Å². The van der Waals surface area contributed by atoms with Crippen molar-refractivity contribution in [2.24, 2.45) is 5.92 Å². The molecular weight excluding hydrogens is 216 g/mol. The summed E-state index contributed by atoms with van der Waals surface area (Å²) in [6.07, 6.45) is 4.28. The minimum atomic E-state index is 0.663. The number of rotatable bonds is 9. The van der Waals surface area contributed by atoms with Crippen LogP contribution in [0.25, 0.3) is 0 Å². The molecule has 1 atom stereocenters. The minimum Gasteiger partial charge on any atom is -0.383 e. The molecule has 5 heteroatoms. The predicted octanol–water partition coefficient (Wildman–Crippen LogP) is 1.45. The van der Waals surface area contributed by atoms with Gasteiger partial charge in [0.2, 0.25) is 0 Å². The van der Waals surface area contributed by atoms with Gasteiger partial charge in [0, 0.05) is 20.2 Å². The predicted molar refractivity (Wildman–Crippen MR) is 67.7 cm³/mol. The third-order valence-corrected chi connectivity index (χ3v) is 2.63. The summed E-state index contributed by atoms with van der Waals surface area (Å²) < 4.78 is 6.89. The van der Waals surface area contributed by atoms with Crippen molar-refractivity contribution in [1.82, 2.24) is 20.1 Å². The van der Waals surface area contributed by atoms with Crippen LogP contribution in [0.4, 0.5) is 0 Å². The Hall–Kier alpha value is -0.940. The molecule has 17 heavy (non-hydrogen) atoms. The number of aromatic nitrogens is 3. The van der Waals surface area contributed by atoms with E-state index in [0.29, 0.717) is 19.1 Å². The van der Waals surface area contributed by atoms with E-state index in [9.17, 15) is 0 Å². The lowest BCUT2D eigenvalue weighted by Gasteiger charge is -2.08. The highest BCUT2D eigenvalue weighted by Crippen LogP contribution is 2.07. The van der Waals surface area contributed by atoms with Gasteiger partial charge in [-0.1, -0.05) is 20.3 Å². The second-order valence-corrected chi connectivity index (χ2v) is 4.45. The molecule has 1 N–H and O–H groups in total. The first kappa shape index (κ1) is 14.1. The average Bonchev–Trinajstić information content (AvgIpc) is 2.72. The van der Waals surface area contributed by atoms with Crippen LogP contribution in [0, 0.1) is 5.92 Å². The lowest BCUT2D eigenvalue weighted by molar-refractivity contribution is 0.199. The largest absolute Gasteiger partial charge is 0.383 e. The van der Waals surface area contributed by atoms with Gasteiger partial charge in [-0.15, -0.1) is 0 Å². The molecule has 0 fully saturated rings. The summed E-state index contributed by atoms with van der Waals surface area (Å²) in [6, 6.07) is 0. The highest BCUT2D eigenvalue weighted by atomic mass is 16.5. The molecular formula is C12H24N4O. The van der Waals surface area contributed by atoms with Crippen LogP contribution in [0.15, 0.2) is 6.33 Å². The van der Waals surface area contributed by atoms with Crippen molar-refractivity contribution in [3.8, 4) is 0 Å². The normalized spacial score (nSPS) is 12.9. The van der Waals surface area contributed by atoms with Crippen molar-refractivity contribution in [3.05, 3.63) is 12.2 Å². The van der Waals surface area contributed by atoms with Crippen molar-refractivity contribution in [2.45, 2.75) is 39.8 Å². The van der Waals surface area contributed by atoms with E-state index in [4.69, 9.17) is 4.74 Å². The smallest absolute Gasteiger partial charge is 0.164 e. The van der Waals surface area contributed by atoms with Crippen LogP contribution in [0.3, 0.4) is 0 Å². The van der Waals surface area contributed by atoms with Crippen molar-refractivity contribution in [1.29, 1.82) is 0 Å².